The standard InChI is InChI=1S/C21H32O6/c1-10-14(11(2)17(23)26-16(10)22)20(5,6)9-21(7,8)15-12(3)18(24)27-19(25)13(15)4/h10-15H,9H2,1-8H3. The van der Waals surface area contributed by atoms with Gasteiger partial charge in [0.05, 0.1) is 23.7 Å². The molecule has 0 aliphatic carbocycles. The van der Waals surface area contributed by atoms with Crippen LogP contribution in [0.1, 0.15) is 61.8 Å². The number of esters is 4. The summed E-state index contributed by atoms with van der Waals surface area (Å²) in [6.07, 6.45) is 0.653. The molecule has 0 amide bonds. The quantitative estimate of drug-likeness (QED) is 0.549. The fourth-order valence-electron chi connectivity index (χ4n) is 6.14. The fraction of sp³-hybridized carbons (Fsp3) is 0.810. The van der Waals surface area contributed by atoms with E-state index in [2.05, 4.69) is 27.7 Å². The zero-order chi connectivity index (χ0) is 20.9. The zero-order valence-corrected chi connectivity index (χ0v) is 17.6. The first-order valence-electron chi connectivity index (χ1n) is 9.71. The van der Waals surface area contributed by atoms with Crippen LogP contribution >= 0.6 is 0 Å². The van der Waals surface area contributed by atoms with Crippen molar-refractivity contribution in [2.24, 2.45) is 46.3 Å². The summed E-state index contributed by atoms with van der Waals surface area (Å²) in [5, 5.41) is 0. The fourth-order valence-corrected chi connectivity index (χ4v) is 6.14. The average Bonchev–Trinajstić information content (AvgIpc) is 2.50. The number of carbonyl (C=O) groups excluding carboxylic acids is 4. The molecule has 0 saturated carbocycles. The minimum atomic E-state index is -0.480. The van der Waals surface area contributed by atoms with E-state index in [-0.39, 0.29) is 22.7 Å². The Bertz CT molecular complexity index is 566. The first-order chi connectivity index (χ1) is 12.2. The van der Waals surface area contributed by atoms with Crippen LogP contribution in [0.2, 0.25) is 0 Å². The Kier molecular flexibility index (Phi) is 5.61. The number of cyclic esters (lactones) is 4. The first kappa shape index (κ1) is 21.6. The predicted molar refractivity (Wildman–Crippen MR) is 98.0 cm³/mol. The van der Waals surface area contributed by atoms with Gasteiger partial charge in [0.15, 0.2) is 0 Å². The van der Waals surface area contributed by atoms with E-state index in [9.17, 15) is 19.2 Å². The lowest BCUT2D eigenvalue weighted by atomic mass is 9.55. The summed E-state index contributed by atoms with van der Waals surface area (Å²) in [5.74, 6) is -3.84. The maximum absolute atomic E-state index is 12.1. The second kappa shape index (κ2) is 7.02. The molecule has 6 heteroatoms. The molecule has 4 atom stereocenters. The average molecular weight is 380 g/mol. The van der Waals surface area contributed by atoms with Crippen LogP contribution in [0.5, 0.6) is 0 Å². The Morgan fingerprint density at radius 3 is 1.04 bits per heavy atom. The molecule has 0 spiro atoms. The van der Waals surface area contributed by atoms with Crippen LogP contribution in [-0.4, -0.2) is 23.9 Å². The molecule has 2 heterocycles. The summed E-state index contributed by atoms with van der Waals surface area (Å²) >= 11 is 0. The van der Waals surface area contributed by atoms with Gasteiger partial charge in [-0.3, -0.25) is 19.2 Å². The molecule has 4 unspecified atom stereocenters. The normalized spacial score (nSPS) is 35.7. The minimum Gasteiger partial charge on any atom is -0.393 e. The lowest BCUT2D eigenvalue weighted by Crippen LogP contribution is -2.51. The van der Waals surface area contributed by atoms with Crippen molar-refractivity contribution in [1.82, 2.24) is 0 Å². The van der Waals surface area contributed by atoms with Gasteiger partial charge in [0, 0.05) is 0 Å². The maximum Gasteiger partial charge on any atom is 0.316 e. The molecule has 6 nitrogen and oxygen atoms in total. The van der Waals surface area contributed by atoms with Crippen molar-refractivity contribution in [3.05, 3.63) is 0 Å². The number of rotatable bonds is 4. The number of hydrogen-bond acceptors (Lipinski definition) is 6. The Labute approximate surface area is 161 Å². The molecule has 0 aromatic heterocycles. The Morgan fingerprint density at radius 2 is 0.815 bits per heavy atom. The van der Waals surface area contributed by atoms with Crippen molar-refractivity contribution < 1.29 is 28.7 Å². The summed E-state index contributed by atoms with van der Waals surface area (Å²) in [5.41, 5.74) is -0.747. The molecular formula is C21H32O6. The van der Waals surface area contributed by atoms with Gasteiger partial charge in [0.1, 0.15) is 0 Å². The number of hydrogen-bond donors (Lipinski definition) is 0. The topological polar surface area (TPSA) is 86.7 Å². The van der Waals surface area contributed by atoms with Gasteiger partial charge in [0.2, 0.25) is 0 Å². The van der Waals surface area contributed by atoms with Crippen LogP contribution in [0.15, 0.2) is 0 Å². The maximum atomic E-state index is 12.1. The highest BCUT2D eigenvalue weighted by Gasteiger charge is 2.53. The molecule has 2 rings (SSSR count). The van der Waals surface area contributed by atoms with E-state index in [1.807, 2.05) is 0 Å². The highest BCUT2D eigenvalue weighted by Crippen LogP contribution is 2.53. The molecule has 2 aliphatic heterocycles. The van der Waals surface area contributed by atoms with E-state index in [0.717, 1.165) is 0 Å². The third-order valence-corrected chi connectivity index (χ3v) is 6.76. The summed E-state index contributed by atoms with van der Waals surface area (Å²) < 4.78 is 9.72. The molecule has 0 radical (unpaired) electrons. The van der Waals surface area contributed by atoms with Gasteiger partial charge in [-0.25, -0.2) is 0 Å². The van der Waals surface area contributed by atoms with E-state index in [0.29, 0.717) is 6.42 Å². The van der Waals surface area contributed by atoms with Crippen molar-refractivity contribution in [2.75, 3.05) is 0 Å². The van der Waals surface area contributed by atoms with Crippen molar-refractivity contribution >= 4 is 23.9 Å². The summed E-state index contributed by atoms with van der Waals surface area (Å²) in [4.78, 5) is 48.5. The van der Waals surface area contributed by atoms with E-state index < -0.39 is 47.5 Å². The Morgan fingerprint density at radius 1 is 0.593 bits per heavy atom. The molecule has 2 saturated heterocycles. The monoisotopic (exact) mass is 380 g/mol. The van der Waals surface area contributed by atoms with E-state index in [1.165, 1.54) is 0 Å². The Balaban J connectivity index is 2.34. The molecule has 0 aromatic carbocycles. The van der Waals surface area contributed by atoms with Crippen LogP contribution in [0, 0.1) is 46.3 Å². The highest BCUT2D eigenvalue weighted by atomic mass is 16.6. The third kappa shape index (κ3) is 3.81. The third-order valence-electron chi connectivity index (χ3n) is 6.76. The zero-order valence-electron chi connectivity index (χ0n) is 17.6. The molecule has 2 aliphatic rings. The molecule has 2 fully saturated rings. The predicted octanol–water partition coefficient (Wildman–Crippen LogP) is 3.37. The lowest BCUT2D eigenvalue weighted by molar-refractivity contribution is -0.182. The molecule has 27 heavy (non-hydrogen) atoms. The van der Waals surface area contributed by atoms with Crippen LogP contribution < -0.4 is 0 Å². The van der Waals surface area contributed by atoms with Gasteiger partial charge >= 0.3 is 23.9 Å². The van der Waals surface area contributed by atoms with Crippen molar-refractivity contribution in [1.29, 1.82) is 0 Å². The number of carbonyl (C=O) groups is 4. The van der Waals surface area contributed by atoms with Gasteiger partial charge in [-0.1, -0.05) is 55.4 Å². The van der Waals surface area contributed by atoms with Crippen molar-refractivity contribution in [2.45, 2.75) is 61.8 Å². The van der Waals surface area contributed by atoms with Crippen LogP contribution in [0.4, 0.5) is 0 Å². The SMILES string of the molecule is CC1C(=O)OC(=O)C(C)C1C(C)(C)CC(C)(C)C1C(C)C(=O)OC(=O)C1C. The summed E-state index contributed by atoms with van der Waals surface area (Å²) in [7, 11) is 0. The van der Waals surface area contributed by atoms with Gasteiger partial charge in [-0.15, -0.1) is 0 Å². The van der Waals surface area contributed by atoms with Crippen LogP contribution in [0.25, 0.3) is 0 Å². The van der Waals surface area contributed by atoms with Crippen LogP contribution in [-0.2, 0) is 28.7 Å². The highest BCUT2D eigenvalue weighted by molar-refractivity contribution is 5.91. The van der Waals surface area contributed by atoms with Crippen molar-refractivity contribution in [3.63, 3.8) is 0 Å². The summed E-state index contributed by atoms with van der Waals surface area (Å²) in [6, 6.07) is 0. The van der Waals surface area contributed by atoms with E-state index in [1.54, 1.807) is 27.7 Å². The van der Waals surface area contributed by atoms with E-state index >= 15 is 0 Å². The van der Waals surface area contributed by atoms with Gasteiger partial charge in [-0.2, -0.15) is 0 Å². The van der Waals surface area contributed by atoms with Gasteiger partial charge < -0.3 is 9.47 Å². The van der Waals surface area contributed by atoms with Crippen LogP contribution in [0.3, 0.4) is 0 Å². The minimum absolute atomic E-state index is 0.178. The van der Waals surface area contributed by atoms with Gasteiger partial charge in [-0.05, 0) is 29.1 Å². The molecule has 0 N–H and O–H groups in total. The van der Waals surface area contributed by atoms with Crippen molar-refractivity contribution in [3.8, 4) is 0 Å². The number of ether oxygens (including phenoxy) is 2. The molecule has 152 valence electrons. The summed E-state index contributed by atoms with van der Waals surface area (Å²) in [6.45, 7) is 15.4. The van der Waals surface area contributed by atoms with Gasteiger partial charge in [0.25, 0.3) is 0 Å². The molecule has 0 aromatic rings. The largest absolute Gasteiger partial charge is 0.393 e. The first-order valence-corrected chi connectivity index (χ1v) is 9.71. The second-order valence-corrected chi connectivity index (χ2v) is 9.84. The Hall–Kier alpha value is -1.72. The lowest BCUT2D eigenvalue weighted by Gasteiger charge is -2.50. The smallest absolute Gasteiger partial charge is 0.316 e. The second-order valence-electron chi connectivity index (χ2n) is 9.84. The molecule has 0 bridgehead atoms. The van der Waals surface area contributed by atoms with E-state index in [4.69, 9.17) is 9.47 Å². The molecular weight excluding hydrogens is 348 g/mol.